The van der Waals surface area contributed by atoms with E-state index in [9.17, 15) is 4.79 Å². The van der Waals surface area contributed by atoms with Crippen LogP contribution in [0.5, 0.6) is 0 Å². The molecule has 5 nitrogen and oxygen atoms in total. The van der Waals surface area contributed by atoms with Crippen LogP contribution in [0.3, 0.4) is 0 Å². The first-order valence-corrected chi connectivity index (χ1v) is 7.87. The summed E-state index contributed by atoms with van der Waals surface area (Å²) in [7, 11) is 0. The lowest BCUT2D eigenvalue weighted by atomic mass is 10.2. The first kappa shape index (κ1) is 16.2. The van der Waals surface area contributed by atoms with Crippen molar-refractivity contribution < 1.29 is 4.79 Å². The maximum absolute atomic E-state index is 12.6. The first-order chi connectivity index (χ1) is 10.6. The molecule has 2 aromatic rings. The summed E-state index contributed by atoms with van der Waals surface area (Å²) in [5.74, 6) is 0.924. The molecule has 0 N–H and O–H groups in total. The minimum absolute atomic E-state index is 0.0841. The maximum atomic E-state index is 12.6. The zero-order valence-electron chi connectivity index (χ0n) is 13.8. The molecule has 0 aliphatic rings. The van der Waals surface area contributed by atoms with Crippen LogP contribution in [-0.2, 0) is 0 Å². The van der Waals surface area contributed by atoms with Gasteiger partial charge in [-0.2, -0.15) is 0 Å². The van der Waals surface area contributed by atoms with Gasteiger partial charge >= 0.3 is 0 Å². The molecule has 0 unspecified atom stereocenters. The highest BCUT2D eigenvalue weighted by Gasteiger charge is 2.21. The Morgan fingerprint density at radius 1 is 1.14 bits per heavy atom. The van der Waals surface area contributed by atoms with Gasteiger partial charge in [0.05, 0.1) is 5.69 Å². The molecule has 5 heteroatoms. The number of aromatic nitrogens is 3. The highest BCUT2D eigenvalue weighted by atomic mass is 16.2. The summed E-state index contributed by atoms with van der Waals surface area (Å²) in [5, 5.41) is 4.44. The van der Waals surface area contributed by atoms with Crippen LogP contribution in [-0.4, -0.2) is 38.7 Å². The number of carbonyl (C=O) groups excluding carboxylic acids is 1. The fourth-order valence-corrected chi connectivity index (χ4v) is 2.51. The molecule has 0 aliphatic heterocycles. The van der Waals surface area contributed by atoms with Gasteiger partial charge in [-0.05, 0) is 38.3 Å². The lowest BCUT2D eigenvalue weighted by molar-refractivity contribution is 0.0743. The van der Waals surface area contributed by atoms with Crippen LogP contribution in [0, 0.1) is 13.8 Å². The highest BCUT2D eigenvalue weighted by Crippen LogP contribution is 2.15. The molecule has 0 saturated heterocycles. The predicted molar refractivity (Wildman–Crippen MR) is 87.3 cm³/mol. The van der Waals surface area contributed by atoms with Crippen molar-refractivity contribution in [3.63, 3.8) is 0 Å². The molecule has 0 bridgehead atoms. The van der Waals surface area contributed by atoms with E-state index in [1.807, 2.05) is 43.0 Å². The maximum Gasteiger partial charge on any atom is 0.293 e. The van der Waals surface area contributed by atoms with E-state index in [4.69, 9.17) is 0 Å². The van der Waals surface area contributed by atoms with Gasteiger partial charge in [-0.25, -0.2) is 9.67 Å². The van der Waals surface area contributed by atoms with Crippen LogP contribution >= 0.6 is 0 Å². The fraction of sp³-hybridized carbons (Fsp3) is 0.471. The van der Waals surface area contributed by atoms with Gasteiger partial charge in [-0.15, -0.1) is 5.10 Å². The first-order valence-electron chi connectivity index (χ1n) is 7.87. The molecule has 0 atom stereocenters. The van der Waals surface area contributed by atoms with E-state index < -0.39 is 0 Å². The van der Waals surface area contributed by atoms with Gasteiger partial charge in [0.15, 0.2) is 0 Å². The third-order valence-corrected chi connectivity index (χ3v) is 3.58. The van der Waals surface area contributed by atoms with E-state index >= 15 is 0 Å². The molecule has 2 rings (SSSR count). The van der Waals surface area contributed by atoms with Gasteiger partial charge in [-0.3, -0.25) is 4.79 Å². The Morgan fingerprint density at radius 2 is 1.77 bits per heavy atom. The van der Waals surface area contributed by atoms with E-state index in [-0.39, 0.29) is 11.7 Å². The zero-order chi connectivity index (χ0) is 16.1. The molecule has 118 valence electrons. The molecule has 1 aromatic heterocycles. The second-order valence-electron chi connectivity index (χ2n) is 5.47. The van der Waals surface area contributed by atoms with Crippen LogP contribution in [0.25, 0.3) is 5.69 Å². The smallest absolute Gasteiger partial charge is 0.293 e. The van der Waals surface area contributed by atoms with Crippen molar-refractivity contribution in [1.82, 2.24) is 19.7 Å². The van der Waals surface area contributed by atoms with Crippen LogP contribution in [0.15, 0.2) is 24.3 Å². The number of hydrogen-bond acceptors (Lipinski definition) is 3. The molecular formula is C17H24N4O. The van der Waals surface area contributed by atoms with E-state index in [2.05, 4.69) is 23.9 Å². The van der Waals surface area contributed by atoms with Gasteiger partial charge in [0, 0.05) is 13.1 Å². The van der Waals surface area contributed by atoms with E-state index in [0.29, 0.717) is 0 Å². The largest absolute Gasteiger partial charge is 0.336 e. The van der Waals surface area contributed by atoms with Gasteiger partial charge in [0.25, 0.3) is 5.91 Å². The average molecular weight is 300 g/mol. The minimum atomic E-state index is -0.0841. The fourth-order valence-electron chi connectivity index (χ4n) is 2.51. The molecule has 0 saturated carbocycles. The summed E-state index contributed by atoms with van der Waals surface area (Å²) in [6, 6.07) is 7.96. The van der Waals surface area contributed by atoms with E-state index in [1.54, 1.807) is 4.68 Å². The SMILES string of the molecule is CCCN(CCC)C(=O)c1nc(C)n(-c2ccccc2C)n1. The topological polar surface area (TPSA) is 51.0 Å². The number of aryl methyl sites for hydroxylation is 2. The molecule has 1 amide bonds. The lowest BCUT2D eigenvalue weighted by Gasteiger charge is -2.19. The van der Waals surface area contributed by atoms with Gasteiger partial charge in [0.1, 0.15) is 5.82 Å². The van der Waals surface area contributed by atoms with Crippen molar-refractivity contribution in [2.75, 3.05) is 13.1 Å². The molecule has 0 fully saturated rings. The molecule has 22 heavy (non-hydrogen) atoms. The Balaban J connectivity index is 2.33. The Hall–Kier alpha value is -2.17. The standard InChI is InChI=1S/C17H24N4O/c1-5-11-20(12-6-2)17(22)16-18-14(4)21(19-16)15-10-8-7-9-13(15)3/h7-10H,5-6,11-12H2,1-4H3. The molecule has 0 spiro atoms. The third kappa shape index (κ3) is 3.35. The highest BCUT2D eigenvalue weighted by molar-refractivity contribution is 5.90. The van der Waals surface area contributed by atoms with E-state index in [1.165, 1.54) is 0 Å². The molecular weight excluding hydrogens is 276 g/mol. The number of carbonyl (C=O) groups is 1. The summed E-state index contributed by atoms with van der Waals surface area (Å²) in [5.41, 5.74) is 2.07. The van der Waals surface area contributed by atoms with Crippen molar-refractivity contribution >= 4 is 5.91 Å². The van der Waals surface area contributed by atoms with Crippen LogP contribution in [0.1, 0.15) is 48.7 Å². The van der Waals surface area contributed by atoms with Gasteiger partial charge in [-0.1, -0.05) is 32.0 Å². The normalized spacial score (nSPS) is 10.7. The second kappa shape index (κ2) is 7.20. The van der Waals surface area contributed by atoms with Crippen molar-refractivity contribution in [2.24, 2.45) is 0 Å². The summed E-state index contributed by atoms with van der Waals surface area (Å²) in [6.45, 7) is 9.52. The van der Waals surface area contributed by atoms with Crippen molar-refractivity contribution in [3.05, 3.63) is 41.5 Å². The Morgan fingerprint density at radius 3 is 2.36 bits per heavy atom. The average Bonchev–Trinajstić information content (AvgIpc) is 2.88. The van der Waals surface area contributed by atoms with Gasteiger partial charge < -0.3 is 4.90 Å². The monoisotopic (exact) mass is 300 g/mol. The van der Waals surface area contributed by atoms with Crippen molar-refractivity contribution in [1.29, 1.82) is 0 Å². The van der Waals surface area contributed by atoms with Crippen molar-refractivity contribution in [3.8, 4) is 5.69 Å². The Kier molecular flexibility index (Phi) is 5.31. The van der Waals surface area contributed by atoms with Crippen LogP contribution in [0.2, 0.25) is 0 Å². The molecule has 1 heterocycles. The Labute approximate surface area is 132 Å². The predicted octanol–water partition coefficient (Wildman–Crippen LogP) is 3.15. The summed E-state index contributed by atoms with van der Waals surface area (Å²) in [4.78, 5) is 18.8. The number of hydrogen-bond donors (Lipinski definition) is 0. The summed E-state index contributed by atoms with van der Waals surface area (Å²) in [6.07, 6.45) is 1.87. The van der Waals surface area contributed by atoms with Crippen molar-refractivity contribution in [2.45, 2.75) is 40.5 Å². The van der Waals surface area contributed by atoms with Gasteiger partial charge in [0.2, 0.25) is 5.82 Å². The minimum Gasteiger partial charge on any atom is -0.336 e. The number of rotatable bonds is 6. The number of para-hydroxylation sites is 1. The molecule has 1 aromatic carbocycles. The molecule has 0 radical (unpaired) electrons. The second-order valence-corrected chi connectivity index (χ2v) is 5.47. The Bertz CT molecular complexity index is 642. The van der Waals surface area contributed by atoms with E-state index in [0.717, 1.165) is 43.0 Å². The number of amides is 1. The number of nitrogens with zero attached hydrogens (tertiary/aromatic N) is 4. The summed E-state index contributed by atoms with van der Waals surface area (Å²) < 4.78 is 1.75. The summed E-state index contributed by atoms with van der Waals surface area (Å²) >= 11 is 0. The van der Waals surface area contributed by atoms with Crippen LogP contribution in [0.4, 0.5) is 0 Å². The quantitative estimate of drug-likeness (QED) is 0.823. The molecule has 0 aliphatic carbocycles. The lowest BCUT2D eigenvalue weighted by Crippen LogP contribution is -2.33. The third-order valence-electron chi connectivity index (χ3n) is 3.58. The zero-order valence-corrected chi connectivity index (χ0v) is 13.8. The van der Waals surface area contributed by atoms with Crippen LogP contribution < -0.4 is 0 Å². The number of benzene rings is 1.